The third kappa shape index (κ3) is 8.42. The molecule has 15 nitrogen and oxygen atoms in total. The summed E-state index contributed by atoms with van der Waals surface area (Å²) in [6.45, 7) is 14.5. The molecule has 352 valence electrons. The normalized spacial score (nSPS) is 49.6. The van der Waals surface area contributed by atoms with E-state index in [1.807, 2.05) is 27.7 Å². The van der Waals surface area contributed by atoms with Crippen molar-refractivity contribution < 1.29 is 72.6 Å². The van der Waals surface area contributed by atoms with Gasteiger partial charge in [0.2, 0.25) is 0 Å². The van der Waals surface area contributed by atoms with Crippen LogP contribution in [-0.4, -0.2) is 145 Å². The van der Waals surface area contributed by atoms with Gasteiger partial charge < -0.3 is 63.1 Å². The van der Waals surface area contributed by atoms with Crippen molar-refractivity contribution in [2.75, 3.05) is 20.8 Å². The van der Waals surface area contributed by atoms with Gasteiger partial charge in [-0.2, -0.15) is 0 Å². The number of carbonyl (C=O) groups excluding carboxylic acids is 2. The number of hydrogen-bond donors (Lipinski definition) is 4. The standard InChI is InChI=1S/C47H74O15/c1-11-23(2)43(52)60-36-19-33-32(47(53)17-15-31(24(3)49)46(36,47)8)13-12-28-18-29(14-16-45(28,33)7)59-37-20-34(54-9)41(26(5)56-37)61-38-21-35(55-10)42(27(6)57-38)62-44-40(51)30(22-48)39(50)25(4)58-44/h11-12,25-27,29-42,44,48,50-51,53H,13-22H2,1-10H3/b23-11+/t25-,26+,27-,29-,30-,31+,32?,33?,34-,35-,36+,37-,38-,39+,40+,41+,42+,44-,45-,46-,47-/m0/s1. The van der Waals surface area contributed by atoms with Gasteiger partial charge in [-0.3, -0.25) is 4.79 Å². The number of ketones is 1. The summed E-state index contributed by atoms with van der Waals surface area (Å²) >= 11 is 0. The van der Waals surface area contributed by atoms with Crippen LogP contribution in [0.15, 0.2) is 23.3 Å². The lowest BCUT2D eigenvalue weighted by Crippen LogP contribution is -2.66. The first kappa shape index (κ1) is 48.1. The molecule has 7 rings (SSSR count). The number of aliphatic hydroxyl groups excluding tert-OH is 3. The minimum absolute atomic E-state index is 0.0364. The van der Waals surface area contributed by atoms with Gasteiger partial charge in [-0.15, -0.1) is 0 Å². The average Bonchev–Trinajstić information content (AvgIpc) is 3.53. The summed E-state index contributed by atoms with van der Waals surface area (Å²) < 4.78 is 56.3. The van der Waals surface area contributed by atoms with Gasteiger partial charge in [-0.05, 0) is 104 Å². The Morgan fingerprint density at radius 3 is 2.06 bits per heavy atom. The minimum Gasteiger partial charge on any atom is -0.458 e. The Balaban J connectivity index is 0.980. The second-order valence-corrected chi connectivity index (χ2v) is 19.9. The molecule has 21 atom stereocenters. The monoisotopic (exact) mass is 879 g/mol. The van der Waals surface area contributed by atoms with Crippen molar-refractivity contribution in [3.8, 4) is 0 Å². The average molecular weight is 879 g/mol. The van der Waals surface area contributed by atoms with Crippen LogP contribution in [0.1, 0.15) is 113 Å². The lowest BCUT2D eigenvalue weighted by atomic mass is 9.45. The van der Waals surface area contributed by atoms with E-state index >= 15 is 0 Å². The van der Waals surface area contributed by atoms with Crippen molar-refractivity contribution in [3.63, 3.8) is 0 Å². The number of allylic oxidation sites excluding steroid dienone is 2. The number of esters is 1. The number of ether oxygens (including phenoxy) is 9. The van der Waals surface area contributed by atoms with Crippen molar-refractivity contribution in [2.24, 2.45) is 34.5 Å². The number of aliphatic hydroxyl groups is 4. The highest BCUT2D eigenvalue weighted by atomic mass is 16.7. The summed E-state index contributed by atoms with van der Waals surface area (Å²) in [5.74, 6) is -1.56. The first-order valence-electron chi connectivity index (χ1n) is 23.1. The second-order valence-electron chi connectivity index (χ2n) is 19.9. The largest absolute Gasteiger partial charge is 0.458 e. The Kier molecular flexibility index (Phi) is 14.6. The third-order valence-corrected chi connectivity index (χ3v) is 16.8. The molecule has 3 saturated carbocycles. The highest BCUT2D eigenvalue weighted by molar-refractivity contribution is 5.88. The fourth-order valence-electron chi connectivity index (χ4n) is 12.8. The van der Waals surface area contributed by atoms with Gasteiger partial charge in [0, 0.05) is 49.9 Å². The zero-order valence-electron chi connectivity index (χ0n) is 38.4. The predicted octanol–water partition coefficient (Wildman–Crippen LogP) is 4.29. The number of methoxy groups -OCH3 is 2. The molecule has 0 radical (unpaired) electrons. The summed E-state index contributed by atoms with van der Waals surface area (Å²) in [5, 5.41) is 43.8. The van der Waals surface area contributed by atoms with Crippen LogP contribution >= 0.6 is 0 Å². The molecular weight excluding hydrogens is 805 g/mol. The Morgan fingerprint density at radius 2 is 1.47 bits per heavy atom. The molecule has 6 fully saturated rings. The van der Waals surface area contributed by atoms with Crippen LogP contribution in [0.5, 0.6) is 0 Å². The van der Waals surface area contributed by atoms with Crippen LogP contribution in [0, 0.1) is 34.5 Å². The molecule has 4 N–H and O–H groups in total. The molecule has 3 aliphatic heterocycles. The van der Waals surface area contributed by atoms with E-state index in [4.69, 9.17) is 42.6 Å². The van der Waals surface area contributed by atoms with E-state index in [2.05, 4.69) is 13.0 Å². The smallest absolute Gasteiger partial charge is 0.333 e. The van der Waals surface area contributed by atoms with E-state index in [1.165, 1.54) is 5.57 Å². The predicted molar refractivity (Wildman–Crippen MR) is 223 cm³/mol. The Bertz CT molecular complexity index is 1670. The summed E-state index contributed by atoms with van der Waals surface area (Å²) in [4.78, 5) is 26.4. The molecule has 0 spiro atoms. The molecule has 0 amide bonds. The summed E-state index contributed by atoms with van der Waals surface area (Å²) in [7, 11) is 3.23. The molecule has 0 bridgehead atoms. The maximum Gasteiger partial charge on any atom is 0.333 e. The zero-order chi connectivity index (χ0) is 45.1. The number of rotatable bonds is 12. The number of carbonyl (C=O) groups is 2. The van der Waals surface area contributed by atoms with Crippen molar-refractivity contribution in [1.82, 2.24) is 0 Å². The highest BCUT2D eigenvalue weighted by Gasteiger charge is 2.71. The molecule has 4 aliphatic carbocycles. The molecule has 7 aliphatic rings. The fourth-order valence-corrected chi connectivity index (χ4v) is 12.8. The second kappa shape index (κ2) is 18.8. The van der Waals surface area contributed by atoms with Gasteiger partial charge in [0.1, 0.15) is 30.2 Å². The first-order chi connectivity index (χ1) is 29.3. The molecule has 0 aromatic rings. The number of fused-ring (bicyclic) bond motifs is 5. The van der Waals surface area contributed by atoms with E-state index in [9.17, 15) is 30.0 Å². The molecular formula is C47H74O15. The Hall–Kier alpha value is -1.86. The maximum absolute atomic E-state index is 13.3. The molecule has 3 saturated heterocycles. The lowest BCUT2D eigenvalue weighted by molar-refractivity contribution is -0.348. The van der Waals surface area contributed by atoms with E-state index in [-0.39, 0.29) is 41.2 Å². The van der Waals surface area contributed by atoms with Gasteiger partial charge in [0.05, 0.1) is 54.9 Å². The third-order valence-electron chi connectivity index (χ3n) is 16.8. The molecule has 0 aromatic carbocycles. The molecule has 0 aromatic heterocycles. The van der Waals surface area contributed by atoms with Crippen LogP contribution in [0.4, 0.5) is 0 Å². The van der Waals surface area contributed by atoms with E-state index < -0.39 is 103 Å². The van der Waals surface area contributed by atoms with E-state index in [0.29, 0.717) is 44.1 Å². The van der Waals surface area contributed by atoms with Crippen LogP contribution in [0.25, 0.3) is 0 Å². The van der Waals surface area contributed by atoms with Gasteiger partial charge in [-0.1, -0.05) is 31.6 Å². The first-order valence-corrected chi connectivity index (χ1v) is 23.1. The molecule has 3 heterocycles. The zero-order valence-corrected chi connectivity index (χ0v) is 38.4. The quantitative estimate of drug-likeness (QED) is 0.123. The molecule has 62 heavy (non-hydrogen) atoms. The number of hydrogen-bond acceptors (Lipinski definition) is 15. The van der Waals surface area contributed by atoms with Gasteiger partial charge >= 0.3 is 5.97 Å². The van der Waals surface area contributed by atoms with Gasteiger partial charge in [-0.25, -0.2) is 4.79 Å². The lowest BCUT2D eigenvalue weighted by Gasteiger charge is -2.63. The van der Waals surface area contributed by atoms with Crippen LogP contribution in [0.3, 0.4) is 0 Å². The van der Waals surface area contributed by atoms with Crippen molar-refractivity contribution in [3.05, 3.63) is 23.3 Å². The highest BCUT2D eigenvalue weighted by Crippen LogP contribution is 2.68. The van der Waals surface area contributed by atoms with Gasteiger partial charge in [0.15, 0.2) is 18.9 Å². The molecule has 2 unspecified atom stereocenters. The number of Topliss-reactive ketones (excluding diaryl/α,β-unsaturated/α-hetero) is 1. The van der Waals surface area contributed by atoms with E-state index in [1.54, 1.807) is 41.1 Å². The van der Waals surface area contributed by atoms with Gasteiger partial charge in [0.25, 0.3) is 0 Å². The Morgan fingerprint density at radius 1 is 0.839 bits per heavy atom. The Labute approximate surface area is 367 Å². The van der Waals surface area contributed by atoms with Crippen molar-refractivity contribution >= 4 is 11.8 Å². The van der Waals surface area contributed by atoms with Crippen molar-refractivity contribution in [1.29, 1.82) is 0 Å². The SMILES string of the molecule is C/C=C(\C)C(=O)O[C@@H]1CC2C(CC=C3C[C@@H](O[C@H]4C[C@H](OC)[C@H](O[C@H]5C[C@H](OC)[C@H](O[C@@H]6O[C@@H](C)[C@@H](O)[C@H](CO)[C@H]6O)[C@H](C)O5)[C@@H](C)O4)CC[C@@]32C)[C@@]2(O)CC[C@H](C(C)=O)[C@@]12C. The summed E-state index contributed by atoms with van der Waals surface area (Å²) in [5.41, 5.74) is -0.458. The topological polar surface area (TPSA) is 198 Å². The summed E-state index contributed by atoms with van der Waals surface area (Å²) in [6, 6.07) is 0. The van der Waals surface area contributed by atoms with Crippen LogP contribution in [-0.2, 0) is 52.2 Å². The maximum atomic E-state index is 13.3. The fraction of sp³-hybridized carbons (Fsp3) is 0.872. The van der Waals surface area contributed by atoms with Crippen molar-refractivity contribution in [2.45, 2.75) is 205 Å². The van der Waals surface area contributed by atoms with E-state index in [0.717, 1.165) is 19.3 Å². The minimum atomic E-state index is -1.25. The summed E-state index contributed by atoms with van der Waals surface area (Å²) in [6.07, 6.45) is 0.725. The molecule has 15 heteroatoms. The van der Waals surface area contributed by atoms with Crippen LogP contribution < -0.4 is 0 Å². The van der Waals surface area contributed by atoms with Crippen LogP contribution in [0.2, 0.25) is 0 Å².